The van der Waals surface area contributed by atoms with Crippen LogP contribution in [-0.2, 0) is 14.8 Å². The first-order chi connectivity index (χ1) is 12.4. The highest BCUT2D eigenvalue weighted by Crippen LogP contribution is 2.24. The van der Waals surface area contributed by atoms with Crippen LogP contribution in [0.2, 0.25) is 0 Å². The number of amides is 1. The zero-order valence-corrected chi connectivity index (χ0v) is 16.1. The molecule has 26 heavy (non-hydrogen) atoms. The minimum Gasteiger partial charge on any atom is -0.352 e. The molecule has 2 aromatic rings. The SMILES string of the molecule is C[C@H]1CCCC[C@@H]1NC(=O)CN(C)S(=O)(=O)c1ccc2ccccc2c1. The highest BCUT2D eigenvalue weighted by Gasteiger charge is 2.26. The Kier molecular flexibility index (Phi) is 5.63. The smallest absolute Gasteiger partial charge is 0.243 e. The first kappa shape index (κ1) is 18.9. The molecule has 0 aliphatic heterocycles. The van der Waals surface area contributed by atoms with E-state index in [0.717, 1.165) is 34.3 Å². The molecule has 6 heteroatoms. The number of rotatable bonds is 5. The number of benzene rings is 2. The molecule has 0 heterocycles. The number of carbonyl (C=O) groups is 1. The second-order valence-electron chi connectivity index (χ2n) is 7.21. The molecule has 1 saturated carbocycles. The molecule has 1 fully saturated rings. The molecular formula is C20H26N2O3S. The van der Waals surface area contributed by atoms with Gasteiger partial charge in [-0.05, 0) is 41.7 Å². The lowest BCUT2D eigenvalue weighted by molar-refractivity contribution is -0.122. The van der Waals surface area contributed by atoms with E-state index in [2.05, 4.69) is 12.2 Å². The van der Waals surface area contributed by atoms with Crippen molar-refractivity contribution in [2.45, 2.75) is 43.5 Å². The summed E-state index contributed by atoms with van der Waals surface area (Å²) in [6.07, 6.45) is 4.38. The fraction of sp³-hybridized carbons (Fsp3) is 0.450. The van der Waals surface area contributed by atoms with Gasteiger partial charge in [0, 0.05) is 13.1 Å². The van der Waals surface area contributed by atoms with Crippen molar-refractivity contribution >= 4 is 26.7 Å². The van der Waals surface area contributed by atoms with Gasteiger partial charge in [0.1, 0.15) is 0 Å². The van der Waals surface area contributed by atoms with E-state index in [1.807, 2.05) is 24.3 Å². The number of nitrogens with one attached hydrogen (secondary N) is 1. The molecule has 0 unspecified atom stereocenters. The number of nitrogens with zero attached hydrogens (tertiary/aromatic N) is 1. The summed E-state index contributed by atoms with van der Waals surface area (Å²) >= 11 is 0. The Labute approximate surface area is 155 Å². The van der Waals surface area contributed by atoms with Gasteiger partial charge in [0.25, 0.3) is 0 Å². The molecule has 5 nitrogen and oxygen atoms in total. The van der Waals surface area contributed by atoms with Crippen LogP contribution in [0, 0.1) is 5.92 Å². The topological polar surface area (TPSA) is 66.5 Å². The van der Waals surface area contributed by atoms with E-state index in [1.54, 1.807) is 18.2 Å². The van der Waals surface area contributed by atoms with E-state index in [9.17, 15) is 13.2 Å². The van der Waals surface area contributed by atoms with Crippen LogP contribution < -0.4 is 5.32 Å². The van der Waals surface area contributed by atoms with E-state index in [1.165, 1.54) is 13.5 Å². The lowest BCUT2D eigenvalue weighted by Gasteiger charge is -2.30. The van der Waals surface area contributed by atoms with Crippen LogP contribution in [0.4, 0.5) is 0 Å². The normalized spacial score (nSPS) is 21.0. The highest BCUT2D eigenvalue weighted by molar-refractivity contribution is 7.89. The fourth-order valence-corrected chi connectivity index (χ4v) is 4.74. The molecule has 0 spiro atoms. The van der Waals surface area contributed by atoms with Gasteiger partial charge < -0.3 is 5.32 Å². The lowest BCUT2D eigenvalue weighted by Crippen LogP contribution is -2.46. The Morgan fingerprint density at radius 3 is 2.54 bits per heavy atom. The van der Waals surface area contributed by atoms with Crippen molar-refractivity contribution in [1.29, 1.82) is 0 Å². The van der Waals surface area contributed by atoms with Crippen LogP contribution >= 0.6 is 0 Å². The summed E-state index contributed by atoms with van der Waals surface area (Å²) in [5, 5.41) is 4.86. The second kappa shape index (κ2) is 7.76. The van der Waals surface area contributed by atoms with Crippen LogP contribution in [0.1, 0.15) is 32.6 Å². The average Bonchev–Trinajstić information content (AvgIpc) is 2.63. The van der Waals surface area contributed by atoms with Gasteiger partial charge >= 0.3 is 0 Å². The summed E-state index contributed by atoms with van der Waals surface area (Å²) in [5.41, 5.74) is 0. The maximum atomic E-state index is 12.8. The molecule has 2 atom stereocenters. The number of likely N-dealkylation sites (N-methyl/N-ethyl adjacent to an activating group) is 1. The Morgan fingerprint density at radius 1 is 1.12 bits per heavy atom. The first-order valence-electron chi connectivity index (χ1n) is 9.12. The molecule has 140 valence electrons. The molecule has 0 aromatic heterocycles. The number of sulfonamides is 1. The number of hydrogen-bond donors (Lipinski definition) is 1. The summed E-state index contributed by atoms with van der Waals surface area (Å²) in [6.45, 7) is 1.97. The fourth-order valence-electron chi connectivity index (χ4n) is 3.58. The number of carbonyl (C=O) groups excluding carboxylic acids is 1. The molecular weight excluding hydrogens is 348 g/mol. The Morgan fingerprint density at radius 2 is 1.81 bits per heavy atom. The zero-order valence-electron chi connectivity index (χ0n) is 15.3. The van der Waals surface area contributed by atoms with Gasteiger partial charge in [-0.2, -0.15) is 4.31 Å². The zero-order chi connectivity index (χ0) is 18.7. The van der Waals surface area contributed by atoms with Crippen LogP contribution in [0.3, 0.4) is 0 Å². The highest BCUT2D eigenvalue weighted by atomic mass is 32.2. The minimum atomic E-state index is -3.71. The Balaban J connectivity index is 1.70. The molecule has 0 bridgehead atoms. The Bertz CT molecular complexity index is 895. The van der Waals surface area contributed by atoms with E-state index in [0.29, 0.717) is 5.92 Å². The van der Waals surface area contributed by atoms with Gasteiger partial charge in [0.15, 0.2) is 0 Å². The second-order valence-corrected chi connectivity index (χ2v) is 9.25. The van der Waals surface area contributed by atoms with Crippen molar-refractivity contribution in [2.24, 2.45) is 5.92 Å². The molecule has 1 aliphatic rings. The van der Waals surface area contributed by atoms with Gasteiger partial charge in [-0.1, -0.05) is 50.1 Å². The van der Waals surface area contributed by atoms with Crippen molar-refractivity contribution in [3.8, 4) is 0 Å². The minimum absolute atomic E-state index is 0.146. The summed E-state index contributed by atoms with van der Waals surface area (Å²) in [7, 11) is -2.25. The maximum Gasteiger partial charge on any atom is 0.243 e. The molecule has 0 radical (unpaired) electrons. The quantitative estimate of drug-likeness (QED) is 0.874. The van der Waals surface area contributed by atoms with Crippen LogP contribution in [0.15, 0.2) is 47.4 Å². The van der Waals surface area contributed by atoms with Crippen LogP contribution in [0.5, 0.6) is 0 Å². The van der Waals surface area contributed by atoms with Gasteiger partial charge in [-0.25, -0.2) is 8.42 Å². The third kappa shape index (κ3) is 4.07. The van der Waals surface area contributed by atoms with Gasteiger partial charge in [-0.3, -0.25) is 4.79 Å². The van der Waals surface area contributed by atoms with E-state index in [4.69, 9.17) is 0 Å². The molecule has 1 amide bonds. The van der Waals surface area contributed by atoms with Crippen molar-refractivity contribution in [3.63, 3.8) is 0 Å². The molecule has 3 rings (SSSR count). The summed E-state index contributed by atoms with van der Waals surface area (Å²) in [5.74, 6) is 0.200. The van der Waals surface area contributed by atoms with Crippen molar-refractivity contribution in [3.05, 3.63) is 42.5 Å². The van der Waals surface area contributed by atoms with E-state index < -0.39 is 10.0 Å². The summed E-state index contributed by atoms with van der Waals surface area (Å²) in [4.78, 5) is 12.5. The Hall–Kier alpha value is -1.92. The third-order valence-electron chi connectivity index (χ3n) is 5.25. The van der Waals surface area contributed by atoms with Gasteiger partial charge in [-0.15, -0.1) is 0 Å². The van der Waals surface area contributed by atoms with Crippen LogP contribution in [0.25, 0.3) is 10.8 Å². The average molecular weight is 375 g/mol. The van der Waals surface area contributed by atoms with Gasteiger partial charge in [0.05, 0.1) is 11.4 Å². The van der Waals surface area contributed by atoms with E-state index >= 15 is 0 Å². The van der Waals surface area contributed by atoms with Crippen molar-refractivity contribution in [1.82, 2.24) is 9.62 Å². The van der Waals surface area contributed by atoms with Gasteiger partial charge in [0.2, 0.25) is 15.9 Å². The predicted octanol–water partition coefficient (Wildman–Crippen LogP) is 3.16. The standard InChI is InChI=1S/C20H26N2O3S/c1-15-7-3-6-10-19(15)21-20(23)14-22(2)26(24,25)18-12-11-16-8-4-5-9-17(16)13-18/h4-5,8-9,11-13,15,19H,3,6-7,10,14H2,1-2H3,(H,21,23)/t15-,19-/m0/s1. The summed E-state index contributed by atoms with van der Waals surface area (Å²) in [6, 6.07) is 12.8. The van der Waals surface area contributed by atoms with Crippen molar-refractivity contribution in [2.75, 3.05) is 13.6 Å². The van der Waals surface area contributed by atoms with E-state index in [-0.39, 0.29) is 23.4 Å². The molecule has 1 aliphatic carbocycles. The number of hydrogen-bond acceptors (Lipinski definition) is 3. The number of fused-ring (bicyclic) bond motifs is 1. The third-order valence-corrected chi connectivity index (χ3v) is 7.05. The largest absolute Gasteiger partial charge is 0.352 e. The van der Waals surface area contributed by atoms with Crippen molar-refractivity contribution < 1.29 is 13.2 Å². The van der Waals surface area contributed by atoms with Crippen LogP contribution in [-0.4, -0.2) is 38.3 Å². The lowest BCUT2D eigenvalue weighted by atomic mass is 9.86. The first-order valence-corrected chi connectivity index (χ1v) is 10.6. The molecule has 0 saturated heterocycles. The summed E-state index contributed by atoms with van der Waals surface area (Å²) < 4.78 is 26.8. The predicted molar refractivity (Wildman–Crippen MR) is 103 cm³/mol. The maximum absolute atomic E-state index is 12.8. The monoisotopic (exact) mass is 374 g/mol. The molecule has 2 aromatic carbocycles. The molecule has 1 N–H and O–H groups in total.